The van der Waals surface area contributed by atoms with Gasteiger partial charge in [0, 0.05) is 26.2 Å². The highest BCUT2D eigenvalue weighted by atomic mass is 16.6. The maximum absolute atomic E-state index is 12.9. The van der Waals surface area contributed by atoms with Crippen molar-refractivity contribution < 1.29 is 23.8 Å². The first-order chi connectivity index (χ1) is 15.1. The number of rotatable bonds is 5. The number of esters is 1. The number of nitrogens with two attached hydrogens (primary N) is 1. The number of hydrogen-bond acceptors (Lipinski definition) is 7. The van der Waals surface area contributed by atoms with Gasteiger partial charge < -0.3 is 24.8 Å². The Morgan fingerprint density at radius 2 is 1.81 bits per heavy atom. The van der Waals surface area contributed by atoms with Crippen LogP contribution in [-0.4, -0.2) is 72.0 Å². The number of piperidine rings is 1. The number of ether oxygens (including phenoxy) is 3. The third kappa shape index (κ3) is 6.21. The van der Waals surface area contributed by atoms with Gasteiger partial charge in [-0.15, -0.1) is 0 Å². The van der Waals surface area contributed by atoms with Crippen LogP contribution in [0.1, 0.15) is 46.1 Å². The van der Waals surface area contributed by atoms with Crippen LogP contribution in [-0.2, 0) is 25.6 Å². The molecule has 0 aliphatic carbocycles. The van der Waals surface area contributed by atoms with Crippen LogP contribution in [0.15, 0.2) is 30.3 Å². The van der Waals surface area contributed by atoms with Crippen molar-refractivity contribution in [3.05, 3.63) is 35.9 Å². The van der Waals surface area contributed by atoms with E-state index in [1.54, 1.807) is 11.8 Å². The summed E-state index contributed by atoms with van der Waals surface area (Å²) >= 11 is 0. The second-order valence-corrected chi connectivity index (χ2v) is 9.87. The molecular weight excluding hydrogens is 410 g/mol. The number of hydrogen-bond donors (Lipinski definition) is 1. The zero-order valence-corrected chi connectivity index (χ0v) is 19.7. The number of amides is 1. The van der Waals surface area contributed by atoms with Crippen molar-refractivity contribution in [3.8, 4) is 0 Å². The van der Waals surface area contributed by atoms with E-state index in [2.05, 4.69) is 4.90 Å². The normalized spacial score (nSPS) is 25.4. The Balaban J connectivity index is 1.51. The van der Waals surface area contributed by atoms with Gasteiger partial charge in [-0.05, 0) is 52.0 Å². The fourth-order valence-electron chi connectivity index (χ4n) is 4.15. The Kier molecular flexibility index (Phi) is 7.79. The second kappa shape index (κ2) is 10.2. The average Bonchev–Trinajstić information content (AvgIpc) is 2.75. The third-order valence-electron chi connectivity index (χ3n) is 6.12. The average molecular weight is 448 g/mol. The summed E-state index contributed by atoms with van der Waals surface area (Å²) in [6.45, 7) is 10.7. The van der Waals surface area contributed by atoms with Crippen molar-refractivity contribution in [1.82, 2.24) is 9.80 Å². The van der Waals surface area contributed by atoms with Crippen molar-refractivity contribution in [1.29, 1.82) is 0 Å². The first-order valence-corrected chi connectivity index (χ1v) is 11.4. The smallest absolute Gasteiger partial charge is 0.410 e. The summed E-state index contributed by atoms with van der Waals surface area (Å²) in [5.41, 5.74) is 5.71. The Morgan fingerprint density at radius 1 is 1.16 bits per heavy atom. The molecule has 32 heavy (non-hydrogen) atoms. The number of likely N-dealkylation sites (tertiary alicyclic amines) is 1. The largest absolute Gasteiger partial charge is 0.459 e. The van der Waals surface area contributed by atoms with Crippen molar-refractivity contribution in [2.24, 2.45) is 11.7 Å². The van der Waals surface area contributed by atoms with Crippen LogP contribution in [0, 0.1) is 5.92 Å². The molecule has 0 spiro atoms. The molecule has 0 bridgehead atoms. The molecule has 2 aliphatic heterocycles. The van der Waals surface area contributed by atoms with Crippen molar-refractivity contribution in [2.75, 3.05) is 32.8 Å². The van der Waals surface area contributed by atoms with Crippen molar-refractivity contribution in [3.63, 3.8) is 0 Å². The van der Waals surface area contributed by atoms with E-state index in [1.807, 2.05) is 51.1 Å². The van der Waals surface area contributed by atoms with Crippen molar-refractivity contribution in [2.45, 2.75) is 64.5 Å². The van der Waals surface area contributed by atoms with Gasteiger partial charge in [0.1, 0.15) is 12.2 Å². The molecule has 1 unspecified atom stereocenters. The molecule has 0 saturated carbocycles. The summed E-state index contributed by atoms with van der Waals surface area (Å²) in [6.07, 6.45) is 0.896. The molecule has 8 heteroatoms. The number of morpholine rings is 1. The molecule has 2 atom stereocenters. The van der Waals surface area contributed by atoms with Crippen LogP contribution in [0.2, 0.25) is 0 Å². The summed E-state index contributed by atoms with van der Waals surface area (Å²) in [4.78, 5) is 29.0. The van der Waals surface area contributed by atoms with Crippen LogP contribution >= 0.6 is 0 Å². The molecule has 8 nitrogen and oxygen atoms in total. The third-order valence-corrected chi connectivity index (χ3v) is 6.12. The van der Waals surface area contributed by atoms with Gasteiger partial charge in [-0.2, -0.15) is 0 Å². The highest BCUT2D eigenvalue weighted by Gasteiger charge is 2.48. The standard InChI is InChI=1S/C24H37N3O5/c1-23(2,3)32-22(29)26-12-10-18(11-13-26)16-27-14-15-31-24(4,20(27)25)21(28)30-17-19-8-6-5-7-9-19/h5-9,18,20H,10-17,25H2,1-4H3/t20?,24-/m0/s1. The van der Waals surface area contributed by atoms with Gasteiger partial charge in [0.15, 0.2) is 5.60 Å². The molecule has 1 amide bonds. The lowest BCUT2D eigenvalue weighted by atomic mass is 9.93. The van der Waals surface area contributed by atoms with E-state index in [0.717, 1.165) is 24.9 Å². The van der Waals surface area contributed by atoms with Gasteiger partial charge >= 0.3 is 12.1 Å². The molecule has 2 aliphatic rings. The van der Waals surface area contributed by atoms with Crippen LogP contribution in [0.5, 0.6) is 0 Å². The van der Waals surface area contributed by atoms with E-state index >= 15 is 0 Å². The molecule has 3 rings (SSSR count). The number of carbonyl (C=O) groups excluding carboxylic acids is 2. The second-order valence-electron chi connectivity index (χ2n) is 9.87. The minimum Gasteiger partial charge on any atom is -0.459 e. The Morgan fingerprint density at radius 3 is 2.44 bits per heavy atom. The van der Waals surface area contributed by atoms with E-state index in [-0.39, 0.29) is 12.7 Å². The molecule has 2 heterocycles. The summed E-state index contributed by atoms with van der Waals surface area (Å²) in [6, 6.07) is 9.55. The molecule has 2 N–H and O–H groups in total. The maximum atomic E-state index is 12.9. The molecule has 2 saturated heterocycles. The highest BCUT2D eigenvalue weighted by molar-refractivity contribution is 5.80. The van der Waals surface area contributed by atoms with E-state index in [9.17, 15) is 9.59 Å². The molecule has 1 aromatic carbocycles. The zero-order chi connectivity index (χ0) is 23.4. The fraction of sp³-hybridized carbons (Fsp3) is 0.667. The van der Waals surface area contributed by atoms with Crippen LogP contribution in [0.3, 0.4) is 0 Å². The Labute approximate surface area is 191 Å². The number of benzene rings is 1. The summed E-state index contributed by atoms with van der Waals surface area (Å²) in [5.74, 6) is -0.0549. The van der Waals surface area contributed by atoms with Gasteiger partial charge in [0.2, 0.25) is 0 Å². The minimum absolute atomic E-state index is 0.189. The quantitative estimate of drug-likeness (QED) is 0.694. The minimum atomic E-state index is -1.22. The topological polar surface area (TPSA) is 94.3 Å². The van der Waals surface area contributed by atoms with E-state index < -0.39 is 23.3 Å². The number of carbonyl (C=O) groups is 2. The van der Waals surface area contributed by atoms with Gasteiger partial charge in [-0.25, -0.2) is 9.59 Å². The summed E-state index contributed by atoms with van der Waals surface area (Å²) in [7, 11) is 0. The first kappa shape index (κ1) is 24.5. The molecule has 2 fully saturated rings. The van der Waals surface area contributed by atoms with Gasteiger partial charge in [-0.1, -0.05) is 30.3 Å². The Hall–Kier alpha value is -2.16. The van der Waals surface area contributed by atoms with E-state index in [4.69, 9.17) is 19.9 Å². The molecule has 0 radical (unpaired) electrons. The van der Waals surface area contributed by atoms with E-state index in [1.165, 1.54) is 0 Å². The number of nitrogens with zero attached hydrogens (tertiary/aromatic N) is 2. The van der Waals surface area contributed by atoms with E-state index in [0.29, 0.717) is 32.2 Å². The lowest BCUT2D eigenvalue weighted by Gasteiger charge is -2.46. The Bertz CT molecular complexity index is 774. The SMILES string of the molecule is CC(C)(C)OC(=O)N1CCC(CN2CCO[C@](C)(C(=O)OCc3ccccc3)C2N)CC1. The molecule has 1 aromatic rings. The van der Waals surface area contributed by atoms with Gasteiger partial charge in [-0.3, -0.25) is 4.90 Å². The molecular formula is C24H37N3O5. The molecule has 178 valence electrons. The van der Waals surface area contributed by atoms with Crippen molar-refractivity contribution >= 4 is 12.1 Å². The zero-order valence-electron chi connectivity index (χ0n) is 19.7. The monoisotopic (exact) mass is 447 g/mol. The predicted molar refractivity (Wildman–Crippen MR) is 121 cm³/mol. The van der Waals surface area contributed by atoms with Crippen LogP contribution in [0.25, 0.3) is 0 Å². The first-order valence-electron chi connectivity index (χ1n) is 11.4. The summed E-state index contributed by atoms with van der Waals surface area (Å²) in [5, 5.41) is 0. The summed E-state index contributed by atoms with van der Waals surface area (Å²) < 4.78 is 16.8. The fourth-order valence-corrected chi connectivity index (χ4v) is 4.15. The van der Waals surface area contributed by atoms with Crippen LogP contribution in [0.4, 0.5) is 4.79 Å². The highest BCUT2D eigenvalue weighted by Crippen LogP contribution is 2.27. The lowest BCUT2D eigenvalue weighted by molar-refractivity contribution is -0.194. The lowest BCUT2D eigenvalue weighted by Crippen LogP contribution is -2.67. The van der Waals surface area contributed by atoms with Gasteiger partial charge in [0.05, 0.1) is 12.8 Å². The van der Waals surface area contributed by atoms with Crippen LogP contribution < -0.4 is 5.73 Å². The van der Waals surface area contributed by atoms with Gasteiger partial charge in [0.25, 0.3) is 0 Å². The predicted octanol–water partition coefficient (Wildman–Crippen LogP) is 2.75. The maximum Gasteiger partial charge on any atom is 0.410 e. The molecule has 0 aromatic heterocycles.